The predicted molar refractivity (Wildman–Crippen MR) is 110 cm³/mol. The van der Waals surface area contributed by atoms with Gasteiger partial charge in [0, 0.05) is 37.2 Å². The lowest BCUT2D eigenvalue weighted by Gasteiger charge is -2.20. The van der Waals surface area contributed by atoms with Crippen molar-refractivity contribution in [2.75, 3.05) is 11.4 Å². The molecule has 4 aromatic rings. The molecule has 0 amide bonds. The SMILES string of the molecule is Cn1c(CN2CCc3ccc(-c4ccncc4Cl)cc32)nc2ccccc21. The molecule has 5 heteroatoms. The summed E-state index contributed by atoms with van der Waals surface area (Å²) >= 11 is 6.35. The molecule has 0 unspecified atom stereocenters. The van der Waals surface area contributed by atoms with Gasteiger partial charge in [0.1, 0.15) is 5.82 Å². The van der Waals surface area contributed by atoms with Crippen molar-refractivity contribution in [3.63, 3.8) is 0 Å². The highest BCUT2D eigenvalue weighted by Gasteiger charge is 2.22. The molecule has 27 heavy (non-hydrogen) atoms. The Kier molecular flexibility index (Phi) is 3.87. The summed E-state index contributed by atoms with van der Waals surface area (Å²) in [6, 6.07) is 16.9. The second-order valence-electron chi connectivity index (χ2n) is 6.95. The summed E-state index contributed by atoms with van der Waals surface area (Å²) in [6.45, 7) is 1.80. The Balaban J connectivity index is 1.51. The largest absolute Gasteiger partial charge is 0.363 e. The molecule has 0 saturated heterocycles. The van der Waals surface area contributed by atoms with E-state index in [2.05, 4.69) is 57.9 Å². The smallest absolute Gasteiger partial charge is 0.129 e. The molecule has 0 N–H and O–H groups in total. The highest BCUT2D eigenvalue weighted by atomic mass is 35.5. The minimum atomic E-state index is 0.678. The first-order chi connectivity index (χ1) is 13.2. The third-order valence-electron chi connectivity index (χ3n) is 5.37. The van der Waals surface area contributed by atoms with Crippen LogP contribution in [0.1, 0.15) is 11.4 Å². The molecular formula is C22H19ClN4. The van der Waals surface area contributed by atoms with Gasteiger partial charge in [-0.2, -0.15) is 0 Å². The van der Waals surface area contributed by atoms with Gasteiger partial charge in [-0.1, -0.05) is 35.9 Å². The quantitative estimate of drug-likeness (QED) is 0.514. The van der Waals surface area contributed by atoms with Crippen LogP contribution in [-0.4, -0.2) is 21.1 Å². The molecule has 134 valence electrons. The van der Waals surface area contributed by atoms with Crippen LogP contribution in [0.5, 0.6) is 0 Å². The van der Waals surface area contributed by atoms with Crippen molar-refractivity contribution in [2.24, 2.45) is 7.05 Å². The molecule has 0 aliphatic carbocycles. The summed E-state index contributed by atoms with van der Waals surface area (Å²) in [5.74, 6) is 1.08. The van der Waals surface area contributed by atoms with E-state index in [1.807, 2.05) is 12.1 Å². The van der Waals surface area contributed by atoms with Gasteiger partial charge in [0.05, 0.1) is 22.6 Å². The first-order valence-corrected chi connectivity index (χ1v) is 9.46. The van der Waals surface area contributed by atoms with Crippen LogP contribution in [-0.2, 0) is 20.0 Å². The number of aromatic nitrogens is 3. The highest BCUT2D eigenvalue weighted by Crippen LogP contribution is 2.35. The number of halogens is 1. The third-order valence-corrected chi connectivity index (χ3v) is 5.67. The topological polar surface area (TPSA) is 34.0 Å². The zero-order valence-corrected chi connectivity index (χ0v) is 15.8. The number of para-hydroxylation sites is 2. The fraction of sp³-hybridized carbons (Fsp3) is 0.182. The summed E-state index contributed by atoms with van der Waals surface area (Å²) in [5.41, 5.74) is 7.01. The normalized spacial score (nSPS) is 13.3. The van der Waals surface area contributed by atoms with Gasteiger partial charge in [0.25, 0.3) is 0 Å². The molecule has 0 saturated carbocycles. The van der Waals surface area contributed by atoms with Crippen molar-refractivity contribution in [3.05, 3.63) is 77.3 Å². The second-order valence-corrected chi connectivity index (χ2v) is 7.35. The molecule has 5 rings (SSSR count). The summed E-state index contributed by atoms with van der Waals surface area (Å²) in [7, 11) is 2.09. The molecule has 0 atom stereocenters. The number of anilines is 1. The summed E-state index contributed by atoms with van der Waals surface area (Å²) in [6.07, 6.45) is 4.54. The van der Waals surface area contributed by atoms with Gasteiger partial charge in [-0.05, 0) is 41.8 Å². The maximum absolute atomic E-state index is 6.35. The van der Waals surface area contributed by atoms with Crippen LogP contribution in [0.2, 0.25) is 5.02 Å². The fourth-order valence-electron chi connectivity index (χ4n) is 3.89. The Morgan fingerprint density at radius 2 is 2.00 bits per heavy atom. The number of pyridine rings is 1. The molecule has 1 aliphatic heterocycles. The average Bonchev–Trinajstić information content (AvgIpc) is 3.24. The molecule has 4 nitrogen and oxygen atoms in total. The zero-order valence-electron chi connectivity index (χ0n) is 15.1. The van der Waals surface area contributed by atoms with E-state index in [-0.39, 0.29) is 0 Å². The van der Waals surface area contributed by atoms with Gasteiger partial charge < -0.3 is 9.47 Å². The number of nitrogens with zero attached hydrogens (tertiary/aromatic N) is 4. The van der Waals surface area contributed by atoms with E-state index in [0.717, 1.165) is 42.0 Å². The highest BCUT2D eigenvalue weighted by molar-refractivity contribution is 6.33. The van der Waals surface area contributed by atoms with Crippen LogP contribution in [0.25, 0.3) is 22.2 Å². The Hall–Kier alpha value is -2.85. The van der Waals surface area contributed by atoms with Gasteiger partial charge >= 0.3 is 0 Å². The van der Waals surface area contributed by atoms with E-state index < -0.39 is 0 Å². The molecule has 0 fully saturated rings. The van der Waals surface area contributed by atoms with Crippen LogP contribution < -0.4 is 4.90 Å². The standard InChI is InChI=1S/C22H19ClN4/c1-26-20-5-3-2-4-19(20)25-22(26)14-27-11-9-15-6-7-16(12-21(15)27)17-8-10-24-13-18(17)23/h2-8,10,12-13H,9,11,14H2,1H3. The summed E-state index contributed by atoms with van der Waals surface area (Å²) in [5, 5.41) is 0.678. The van der Waals surface area contributed by atoms with Crippen molar-refractivity contribution in [3.8, 4) is 11.1 Å². The van der Waals surface area contributed by atoms with Gasteiger partial charge in [0.2, 0.25) is 0 Å². The number of hydrogen-bond acceptors (Lipinski definition) is 3. The summed E-state index contributed by atoms with van der Waals surface area (Å²) < 4.78 is 2.19. The fourth-order valence-corrected chi connectivity index (χ4v) is 4.12. The monoisotopic (exact) mass is 374 g/mol. The molecule has 1 aliphatic rings. The van der Waals surface area contributed by atoms with Crippen LogP contribution in [0.15, 0.2) is 60.9 Å². The number of rotatable bonds is 3. The number of aryl methyl sites for hydroxylation is 1. The third kappa shape index (κ3) is 2.77. The molecule has 0 radical (unpaired) electrons. The van der Waals surface area contributed by atoms with Crippen LogP contribution in [0.3, 0.4) is 0 Å². The number of fused-ring (bicyclic) bond motifs is 2. The Morgan fingerprint density at radius 3 is 2.85 bits per heavy atom. The van der Waals surface area contributed by atoms with Crippen molar-refractivity contribution in [1.29, 1.82) is 0 Å². The zero-order chi connectivity index (χ0) is 18.4. The van der Waals surface area contributed by atoms with Crippen LogP contribution in [0, 0.1) is 0 Å². The first-order valence-electron chi connectivity index (χ1n) is 9.09. The van der Waals surface area contributed by atoms with Crippen molar-refractivity contribution < 1.29 is 0 Å². The Morgan fingerprint density at radius 1 is 1.11 bits per heavy atom. The van der Waals surface area contributed by atoms with E-state index in [1.165, 1.54) is 16.8 Å². The average molecular weight is 375 g/mol. The van der Waals surface area contributed by atoms with E-state index in [9.17, 15) is 0 Å². The van der Waals surface area contributed by atoms with E-state index in [4.69, 9.17) is 16.6 Å². The first kappa shape index (κ1) is 16.3. The number of imidazole rings is 1. The molecule has 2 aromatic heterocycles. The van der Waals surface area contributed by atoms with Gasteiger partial charge in [-0.15, -0.1) is 0 Å². The Labute approximate surface area is 163 Å². The maximum Gasteiger partial charge on any atom is 0.129 e. The molecule has 0 bridgehead atoms. The van der Waals surface area contributed by atoms with E-state index >= 15 is 0 Å². The van der Waals surface area contributed by atoms with E-state index in [1.54, 1.807) is 12.4 Å². The lowest BCUT2D eigenvalue weighted by atomic mass is 10.0. The van der Waals surface area contributed by atoms with Crippen molar-refractivity contribution in [2.45, 2.75) is 13.0 Å². The minimum absolute atomic E-state index is 0.678. The second kappa shape index (κ2) is 6.39. The summed E-state index contributed by atoms with van der Waals surface area (Å²) in [4.78, 5) is 11.3. The maximum atomic E-state index is 6.35. The molecule has 0 spiro atoms. The Bertz CT molecular complexity index is 1150. The van der Waals surface area contributed by atoms with Crippen LogP contribution in [0.4, 0.5) is 5.69 Å². The van der Waals surface area contributed by atoms with E-state index in [0.29, 0.717) is 5.02 Å². The lowest BCUT2D eigenvalue weighted by molar-refractivity contribution is 0.745. The minimum Gasteiger partial charge on any atom is -0.363 e. The number of hydrogen-bond donors (Lipinski definition) is 0. The molecule has 2 aromatic carbocycles. The van der Waals surface area contributed by atoms with Crippen LogP contribution >= 0.6 is 11.6 Å². The molecule has 3 heterocycles. The lowest BCUT2D eigenvalue weighted by Crippen LogP contribution is -2.21. The van der Waals surface area contributed by atoms with Crippen molar-refractivity contribution >= 4 is 28.3 Å². The van der Waals surface area contributed by atoms with Gasteiger partial charge in [0.15, 0.2) is 0 Å². The van der Waals surface area contributed by atoms with Crippen molar-refractivity contribution in [1.82, 2.24) is 14.5 Å². The number of benzene rings is 2. The van der Waals surface area contributed by atoms with Gasteiger partial charge in [-0.3, -0.25) is 4.98 Å². The van der Waals surface area contributed by atoms with Gasteiger partial charge in [-0.25, -0.2) is 4.98 Å². The predicted octanol–water partition coefficient (Wildman–Crippen LogP) is 4.85. The molecular weight excluding hydrogens is 356 g/mol.